The van der Waals surface area contributed by atoms with E-state index in [9.17, 15) is 0 Å². The maximum atomic E-state index is 4.31. The molecule has 0 spiro atoms. The summed E-state index contributed by atoms with van der Waals surface area (Å²) in [5.74, 6) is 0. The summed E-state index contributed by atoms with van der Waals surface area (Å²) in [4.78, 5) is 0. The second-order valence-electron chi connectivity index (χ2n) is 3.37. The summed E-state index contributed by atoms with van der Waals surface area (Å²) in [7, 11) is 0. The van der Waals surface area contributed by atoms with E-state index in [1.165, 1.54) is 11.3 Å². The van der Waals surface area contributed by atoms with Gasteiger partial charge < -0.3 is 0 Å². The van der Waals surface area contributed by atoms with E-state index in [4.69, 9.17) is 0 Å². The molecule has 2 heterocycles. The Bertz CT molecular complexity index is 632. The molecule has 0 unspecified atom stereocenters. The van der Waals surface area contributed by atoms with Gasteiger partial charge in [-0.25, -0.2) is 4.68 Å². The molecule has 0 saturated heterocycles. The summed E-state index contributed by atoms with van der Waals surface area (Å²) < 4.78 is 2.60. The van der Waals surface area contributed by atoms with Gasteiger partial charge in [0.1, 0.15) is 0 Å². The highest BCUT2D eigenvalue weighted by Gasteiger charge is 2.07. The van der Waals surface area contributed by atoms with Crippen molar-refractivity contribution < 1.29 is 0 Å². The molecular formula is C11H7BrN4S. The molecule has 0 saturated carbocycles. The van der Waals surface area contributed by atoms with Crippen molar-refractivity contribution in [1.82, 2.24) is 20.0 Å². The highest BCUT2D eigenvalue weighted by Crippen LogP contribution is 2.26. The van der Waals surface area contributed by atoms with E-state index in [0.29, 0.717) is 0 Å². The minimum absolute atomic E-state index is 0.778. The first kappa shape index (κ1) is 10.6. The second kappa shape index (κ2) is 4.38. The molecule has 0 fully saturated rings. The highest BCUT2D eigenvalue weighted by molar-refractivity contribution is 9.11. The Morgan fingerprint density at radius 2 is 1.94 bits per heavy atom. The van der Waals surface area contributed by atoms with E-state index in [2.05, 4.69) is 31.2 Å². The Morgan fingerprint density at radius 1 is 1.12 bits per heavy atom. The van der Waals surface area contributed by atoms with Crippen molar-refractivity contribution in [3.63, 3.8) is 0 Å². The van der Waals surface area contributed by atoms with Crippen LogP contribution in [0, 0.1) is 0 Å². The molecule has 0 atom stereocenters. The van der Waals surface area contributed by atoms with Crippen molar-refractivity contribution in [2.45, 2.75) is 0 Å². The molecular weight excluding hydrogens is 300 g/mol. The van der Waals surface area contributed by atoms with Gasteiger partial charge in [0, 0.05) is 6.20 Å². The molecule has 4 nitrogen and oxygen atoms in total. The standard InChI is InChI=1S/C11H7BrN4S/c12-11-15-14-10(17-11)8-6-13-16(7-8)9-4-2-1-3-5-9/h1-7H. The minimum Gasteiger partial charge on any atom is -0.240 e. The topological polar surface area (TPSA) is 43.6 Å². The Balaban J connectivity index is 1.99. The van der Waals surface area contributed by atoms with Crippen molar-refractivity contribution in [2.75, 3.05) is 0 Å². The number of rotatable bonds is 2. The van der Waals surface area contributed by atoms with Crippen molar-refractivity contribution >= 4 is 27.3 Å². The van der Waals surface area contributed by atoms with Crippen molar-refractivity contribution in [2.24, 2.45) is 0 Å². The largest absolute Gasteiger partial charge is 0.240 e. The number of para-hydroxylation sites is 1. The Labute approximate surface area is 110 Å². The molecule has 0 radical (unpaired) electrons. The van der Waals surface area contributed by atoms with Crippen LogP contribution >= 0.6 is 27.3 Å². The number of nitrogens with zero attached hydrogens (tertiary/aromatic N) is 4. The summed E-state index contributed by atoms with van der Waals surface area (Å²) in [5, 5.41) is 13.2. The average molecular weight is 307 g/mol. The van der Waals surface area contributed by atoms with Gasteiger partial charge in [0.05, 0.1) is 17.4 Å². The van der Waals surface area contributed by atoms with Crippen molar-refractivity contribution in [1.29, 1.82) is 0 Å². The smallest absolute Gasteiger partial charge is 0.183 e. The third kappa shape index (κ3) is 2.13. The Morgan fingerprint density at radius 3 is 2.65 bits per heavy atom. The summed E-state index contributed by atoms with van der Waals surface area (Å²) >= 11 is 4.79. The zero-order valence-corrected chi connectivity index (χ0v) is 11.0. The molecule has 0 bridgehead atoms. The predicted octanol–water partition coefficient (Wildman–Crippen LogP) is 3.15. The molecule has 0 N–H and O–H groups in total. The summed E-state index contributed by atoms with van der Waals surface area (Å²) in [6, 6.07) is 9.96. The third-order valence-electron chi connectivity index (χ3n) is 2.25. The lowest BCUT2D eigenvalue weighted by Gasteiger charge is -1.98. The van der Waals surface area contributed by atoms with Gasteiger partial charge in [-0.05, 0) is 28.1 Å². The average Bonchev–Trinajstić information content (AvgIpc) is 2.98. The predicted molar refractivity (Wildman–Crippen MR) is 70.2 cm³/mol. The van der Waals surface area contributed by atoms with E-state index in [1.54, 1.807) is 6.20 Å². The second-order valence-corrected chi connectivity index (χ2v) is 5.62. The summed E-state index contributed by atoms with van der Waals surface area (Å²) in [6.07, 6.45) is 3.74. The molecule has 0 amide bonds. The van der Waals surface area contributed by atoms with Gasteiger partial charge in [-0.1, -0.05) is 29.5 Å². The molecule has 1 aromatic carbocycles. The fourth-order valence-electron chi connectivity index (χ4n) is 1.48. The van der Waals surface area contributed by atoms with Gasteiger partial charge >= 0.3 is 0 Å². The van der Waals surface area contributed by atoms with Gasteiger partial charge in [-0.2, -0.15) is 5.10 Å². The van der Waals surface area contributed by atoms with Crippen LogP contribution in [0.25, 0.3) is 16.3 Å². The van der Waals surface area contributed by atoms with Gasteiger partial charge in [0.25, 0.3) is 0 Å². The zero-order valence-electron chi connectivity index (χ0n) is 8.62. The van der Waals surface area contributed by atoms with Crippen molar-refractivity contribution in [3.8, 4) is 16.3 Å². The Hall–Kier alpha value is -1.53. The number of benzene rings is 1. The number of aromatic nitrogens is 4. The molecule has 0 aliphatic heterocycles. The summed E-state index contributed by atoms with van der Waals surface area (Å²) in [5.41, 5.74) is 2.00. The van der Waals surface area contributed by atoms with E-state index in [1.807, 2.05) is 41.2 Å². The molecule has 17 heavy (non-hydrogen) atoms. The van der Waals surface area contributed by atoms with Crippen molar-refractivity contribution in [3.05, 3.63) is 46.6 Å². The lowest BCUT2D eigenvalue weighted by Crippen LogP contribution is -1.92. The van der Waals surface area contributed by atoms with Gasteiger partial charge in [0.2, 0.25) is 0 Å². The van der Waals surface area contributed by atoms with E-state index < -0.39 is 0 Å². The first-order valence-corrected chi connectivity index (χ1v) is 6.53. The van der Waals surface area contributed by atoms with Crippen LogP contribution in [0.15, 0.2) is 46.6 Å². The van der Waals surface area contributed by atoms with Crippen LogP contribution < -0.4 is 0 Å². The molecule has 6 heteroatoms. The molecule has 0 aliphatic carbocycles. The van der Waals surface area contributed by atoms with Crippen LogP contribution in [0.1, 0.15) is 0 Å². The van der Waals surface area contributed by atoms with Crippen LogP contribution in [-0.4, -0.2) is 20.0 Å². The van der Waals surface area contributed by atoms with Crippen LogP contribution in [0.5, 0.6) is 0 Å². The quantitative estimate of drug-likeness (QED) is 0.730. The Kier molecular flexibility index (Phi) is 2.74. The fraction of sp³-hybridized carbons (Fsp3) is 0. The lowest BCUT2D eigenvalue weighted by molar-refractivity contribution is 0.880. The van der Waals surface area contributed by atoms with E-state index >= 15 is 0 Å². The minimum atomic E-state index is 0.778. The van der Waals surface area contributed by atoms with E-state index in [0.717, 1.165) is 20.2 Å². The number of halogens is 1. The molecule has 2 aromatic heterocycles. The first-order valence-electron chi connectivity index (χ1n) is 4.92. The monoisotopic (exact) mass is 306 g/mol. The van der Waals surface area contributed by atoms with Crippen LogP contribution in [0.2, 0.25) is 0 Å². The first-order chi connectivity index (χ1) is 8.33. The van der Waals surface area contributed by atoms with Crippen LogP contribution in [0.4, 0.5) is 0 Å². The molecule has 3 rings (SSSR count). The van der Waals surface area contributed by atoms with Crippen LogP contribution in [0.3, 0.4) is 0 Å². The third-order valence-corrected chi connectivity index (χ3v) is 3.66. The lowest BCUT2D eigenvalue weighted by atomic mass is 10.3. The maximum absolute atomic E-state index is 4.31. The number of hydrogen-bond donors (Lipinski definition) is 0. The number of hydrogen-bond acceptors (Lipinski definition) is 4. The van der Waals surface area contributed by atoms with E-state index in [-0.39, 0.29) is 0 Å². The molecule has 3 aromatic rings. The van der Waals surface area contributed by atoms with Crippen LogP contribution in [-0.2, 0) is 0 Å². The van der Waals surface area contributed by atoms with Gasteiger partial charge in [-0.3, -0.25) is 0 Å². The van der Waals surface area contributed by atoms with Gasteiger partial charge in [0.15, 0.2) is 8.92 Å². The highest BCUT2D eigenvalue weighted by atomic mass is 79.9. The maximum Gasteiger partial charge on any atom is 0.183 e. The van der Waals surface area contributed by atoms with Gasteiger partial charge in [-0.15, -0.1) is 10.2 Å². The zero-order chi connectivity index (χ0) is 11.7. The fourth-order valence-corrected chi connectivity index (χ4v) is 2.56. The SMILES string of the molecule is Brc1nnc(-c2cnn(-c3ccccc3)c2)s1. The molecule has 0 aliphatic rings. The molecule has 84 valence electrons. The normalized spacial score (nSPS) is 10.6. The summed E-state index contributed by atoms with van der Waals surface area (Å²) in [6.45, 7) is 0.